The second kappa shape index (κ2) is 50.3. The summed E-state index contributed by atoms with van der Waals surface area (Å²) in [6.45, 7) is 4.16. The Morgan fingerprint density at radius 2 is 0.534 bits per heavy atom. The zero-order chi connectivity index (χ0) is 42.1. The minimum absolute atomic E-state index is 0.0573. The van der Waals surface area contributed by atoms with Gasteiger partial charge in [0.25, 0.3) is 0 Å². The lowest BCUT2D eigenvalue weighted by Gasteiger charge is -2.15. The Morgan fingerprint density at radius 3 is 0.759 bits per heavy atom. The van der Waals surface area contributed by atoms with Crippen LogP contribution in [0.25, 0.3) is 0 Å². The van der Waals surface area contributed by atoms with Gasteiger partial charge < -0.3 is 14.6 Å². The molecule has 0 aliphatic rings. The van der Waals surface area contributed by atoms with Gasteiger partial charge in [0.1, 0.15) is 6.61 Å². The number of rotatable bonds is 50. The second-order valence-electron chi connectivity index (χ2n) is 18.3. The third-order valence-corrected chi connectivity index (χ3v) is 12.4. The molecule has 1 atom stereocenters. The van der Waals surface area contributed by atoms with Crippen molar-refractivity contribution in [1.29, 1.82) is 0 Å². The van der Waals surface area contributed by atoms with E-state index in [4.69, 9.17) is 9.47 Å². The molecule has 346 valence electrons. The van der Waals surface area contributed by atoms with E-state index in [0.29, 0.717) is 12.8 Å². The molecular formula is C53H104O5. The van der Waals surface area contributed by atoms with Crippen molar-refractivity contribution < 1.29 is 24.2 Å². The summed E-state index contributed by atoms with van der Waals surface area (Å²) in [6, 6.07) is 0. The van der Waals surface area contributed by atoms with Crippen LogP contribution in [0.1, 0.15) is 309 Å². The largest absolute Gasteiger partial charge is 0.462 e. The highest BCUT2D eigenvalue weighted by Crippen LogP contribution is 2.18. The highest BCUT2D eigenvalue weighted by atomic mass is 16.6. The van der Waals surface area contributed by atoms with Gasteiger partial charge in [0.05, 0.1) is 6.61 Å². The molecule has 0 aromatic heterocycles. The smallest absolute Gasteiger partial charge is 0.306 e. The maximum Gasteiger partial charge on any atom is 0.306 e. The number of aliphatic hydroxyl groups is 1. The molecule has 0 aliphatic heterocycles. The maximum atomic E-state index is 12.2. The molecule has 5 heteroatoms. The maximum absolute atomic E-state index is 12.2. The molecule has 0 spiro atoms. The van der Waals surface area contributed by atoms with Crippen LogP contribution >= 0.6 is 0 Å². The molecule has 0 saturated heterocycles. The van der Waals surface area contributed by atoms with E-state index in [2.05, 4.69) is 13.8 Å². The number of esters is 2. The average Bonchev–Trinajstić information content (AvgIpc) is 3.23. The standard InChI is InChI=1S/C53H104O5/c1-3-5-7-9-11-13-14-15-16-17-18-19-20-21-22-23-24-25-26-27-28-29-30-31-32-33-34-35-36-37-38-40-42-44-46-48-53(56)58-51(49-54)50-57-52(55)47-45-43-41-39-12-10-8-6-4-2/h51,54H,3-50H2,1-2H3. The van der Waals surface area contributed by atoms with E-state index in [1.807, 2.05) is 0 Å². The first-order valence-electron chi connectivity index (χ1n) is 26.6. The van der Waals surface area contributed by atoms with E-state index in [1.165, 1.54) is 244 Å². The molecule has 1 unspecified atom stereocenters. The van der Waals surface area contributed by atoms with Crippen LogP contribution in [-0.4, -0.2) is 36.4 Å². The molecule has 0 fully saturated rings. The van der Waals surface area contributed by atoms with Crippen molar-refractivity contribution in [3.05, 3.63) is 0 Å². The van der Waals surface area contributed by atoms with Gasteiger partial charge >= 0.3 is 11.9 Å². The van der Waals surface area contributed by atoms with E-state index in [9.17, 15) is 14.7 Å². The molecule has 0 aromatic carbocycles. The normalized spacial score (nSPS) is 12.0. The fourth-order valence-electron chi connectivity index (χ4n) is 8.38. The van der Waals surface area contributed by atoms with E-state index < -0.39 is 6.10 Å². The number of carbonyl (C=O) groups excluding carboxylic acids is 2. The van der Waals surface area contributed by atoms with Crippen LogP contribution in [0.3, 0.4) is 0 Å². The van der Waals surface area contributed by atoms with E-state index >= 15 is 0 Å². The highest BCUT2D eigenvalue weighted by Gasteiger charge is 2.16. The molecule has 0 rings (SSSR count). The van der Waals surface area contributed by atoms with Gasteiger partial charge in [-0.15, -0.1) is 0 Å². The summed E-state index contributed by atoms with van der Waals surface area (Å²) in [5.41, 5.74) is 0. The van der Waals surface area contributed by atoms with Crippen LogP contribution in [0.4, 0.5) is 0 Å². The first kappa shape index (κ1) is 56.9. The van der Waals surface area contributed by atoms with Gasteiger partial charge in [-0.05, 0) is 12.8 Å². The summed E-state index contributed by atoms with van der Waals surface area (Å²) in [7, 11) is 0. The van der Waals surface area contributed by atoms with Crippen LogP contribution in [0.2, 0.25) is 0 Å². The Labute approximate surface area is 363 Å². The fourth-order valence-corrected chi connectivity index (χ4v) is 8.38. The second-order valence-corrected chi connectivity index (χ2v) is 18.3. The number of unbranched alkanes of at least 4 members (excludes halogenated alkanes) is 42. The molecule has 0 bridgehead atoms. The Balaban J connectivity index is 3.31. The van der Waals surface area contributed by atoms with Gasteiger partial charge in [-0.1, -0.05) is 284 Å². The lowest BCUT2D eigenvalue weighted by Crippen LogP contribution is -2.28. The lowest BCUT2D eigenvalue weighted by molar-refractivity contribution is -0.161. The lowest BCUT2D eigenvalue weighted by atomic mass is 10.0. The number of ether oxygens (including phenoxy) is 2. The van der Waals surface area contributed by atoms with E-state index in [1.54, 1.807) is 0 Å². The van der Waals surface area contributed by atoms with Crippen molar-refractivity contribution in [2.45, 2.75) is 315 Å². The summed E-state index contributed by atoms with van der Waals surface area (Å²) in [6.07, 6.45) is 59.6. The predicted octanol–water partition coefficient (Wildman–Crippen LogP) is 17.4. The summed E-state index contributed by atoms with van der Waals surface area (Å²) in [5, 5.41) is 9.57. The molecule has 0 aromatic rings. The van der Waals surface area contributed by atoms with Gasteiger partial charge in [-0.3, -0.25) is 9.59 Å². The monoisotopic (exact) mass is 821 g/mol. The SMILES string of the molecule is CCCCCCCCCCCCCCCCCCCCCCCCCCCCCCCCCCCCCC(=O)OC(CO)COC(=O)CCCCCCCCCCC. The van der Waals surface area contributed by atoms with Crippen molar-refractivity contribution in [2.75, 3.05) is 13.2 Å². The van der Waals surface area contributed by atoms with Gasteiger partial charge in [0.2, 0.25) is 0 Å². The minimum Gasteiger partial charge on any atom is -0.462 e. The Hall–Kier alpha value is -1.10. The minimum atomic E-state index is -0.761. The number of hydrogen-bond acceptors (Lipinski definition) is 5. The Kier molecular flexibility index (Phi) is 49.3. The van der Waals surface area contributed by atoms with Crippen LogP contribution in [0.15, 0.2) is 0 Å². The van der Waals surface area contributed by atoms with Crippen molar-refractivity contribution in [1.82, 2.24) is 0 Å². The van der Waals surface area contributed by atoms with Crippen molar-refractivity contribution in [3.8, 4) is 0 Å². The number of carbonyl (C=O) groups is 2. The van der Waals surface area contributed by atoms with Gasteiger partial charge in [0.15, 0.2) is 6.10 Å². The molecule has 0 amide bonds. The first-order chi connectivity index (χ1) is 28.6. The molecule has 0 aliphatic carbocycles. The van der Waals surface area contributed by atoms with Crippen LogP contribution in [0, 0.1) is 0 Å². The van der Waals surface area contributed by atoms with Crippen LogP contribution in [0.5, 0.6) is 0 Å². The third-order valence-electron chi connectivity index (χ3n) is 12.4. The van der Waals surface area contributed by atoms with Crippen LogP contribution < -0.4 is 0 Å². The zero-order valence-corrected chi connectivity index (χ0v) is 39.6. The summed E-state index contributed by atoms with van der Waals surface area (Å²) in [5.74, 6) is -0.575. The van der Waals surface area contributed by atoms with Crippen molar-refractivity contribution >= 4 is 11.9 Å². The Morgan fingerprint density at radius 1 is 0.328 bits per heavy atom. The van der Waals surface area contributed by atoms with Gasteiger partial charge in [-0.2, -0.15) is 0 Å². The molecule has 0 radical (unpaired) electrons. The molecular weight excluding hydrogens is 717 g/mol. The van der Waals surface area contributed by atoms with E-state index in [-0.39, 0.29) is 25.2 Å². The van der Waals surface area contributed by atoms with Gasteiger partial charge in [0, 0.05) is 12.8 Å². The van der Waals surface area contributed by atoms with Crippen molar-refractivity contribution in [2.24, 2.45) is 0 Å². The van der Waals surface area contributed by atoms with Gasteiger partial charge in [-0.25, -0.2) is 0 Å². The molecule has 5 nitrogen and oxygen atoms in total. The molecule has 58 heavy (non-hydrogen) atoms. The topological polar surface area (TPSA) is 72.8 Å². The average molecular weight is 821 g/mol. The summed E-state index contributed by atoms with van der Waals surface area (Å²) in [4.78, 5) is 24.3. The number of aliphatic hydroxyl groups excluding tert-OH is 1. The quantitative estimate of drug-likeness (QED) is 0.0489. The van der Waals surface area contributed by atoms with Crippen LogP contribution in [-0.2, 0) is 19.1 Å². The zero-order valence-electron chi connectivity index (χ0n) is 39.6. The highest BCUT2D eigenvalue weighted by molar-refractivity contribution is 5.70. The fraction of sp³-hybridized carbons (Fsp3) is 0.962. The molecule has 0 heterocycles. The van der Waals surface area contributed by atoms with E-state index in [0.717, 1.165) is 38.5 Å². The Bertz CT molecular complexity index is 799. The molecule has 0 saturated carbocycles. The summed E-state index contributed by atoms with van der Waals surface area (Å²) < 4.78 is 10.6. The number of hydrogen-bond donors (Lipinski definition) is 1. The predicted molar refractivity (Wildman–Crippen MR) is 252 cm³/mol. The first-order valence-corrected chi connectivity index (χ1v) is 26.6. The molecule has 1 N–H and O–H groups in total. The van der Waals surface area contributed by atoms with Crippen molar-refractivity contribution in [3.63, 3.8) is 0 Å². The summed E-state index contributed by atoms with van der Waals surface area (Å²) >= 11 is 0. The third kappa shape index (κ3) is 47.6.